The lowest BCUT2D eigenvalue weighted by Gasteiger charge is -2.11. The summed E-state index contributed by atoms with van der Waals surface area (Å²) in [5.41, 5.74) is 8.42. The fourth-order valence-corrected chi connectivity index (χ4v) is 2.17. The van der Waals surface area contributed by atoms with Crippen molar-refractivity contribution in [1.82, 2.24) is 9.78 Å². The highest BCUT2D eigenvalue weighted by Gasteiger charge is 2.13. The van der Waals surface area contributed by atoms with Gasteiger partial charge in [-0.1, -0.05) is 18.5 Å². The average molecular weight is 295 g/mol. The molecule has 0 fully saturated rings. The SMILES string of the molecule is CCCn1nc(C)c(N)c1Nc1ccc(Cl)c(OC)c1. The van der Waals surface area contributed by atoms with E-state index in [1.165, 1.54) is 0 Å². The summed E-state index contributed by atoms with van der Waals surface area (Å²) in [6, 6.07) is 5.50. The molecule has 108 valence electrons. The van der Waals surface area contributed by atoms with Crippen molar-refractivity contribution in [2.24, 2.45) is 0 Å². The first kappa shape index (κ1) is 14.5. The number of aryl methyl sites for hydroxylation is 2. The third-order valence-corrected chi connectivity index (χ3v) is 3.34. The van der Waals surface area contributed by atoms with Gasteiger partial charge >= 0.3 is 0 Å². The molecule has 0 bridgehead atoms. The lowest BCUT2D eigenvalue weighted by Crippen LogP contribution is -2.05. The lowest BCUT2D eigenvalue weighted by atomic mass is 10.3. The number of rotatable bonds is 5. The van der Waals surface area contributed by atoms with E-state index in [9.17, 15) is 0 Å². The van der Waals surface area contributed by atoms with E-state index in [2.05, 4.69) is 17.3 Å². The molecule has 1 heterocycles. The molecule has 0 amide bonds. The summed E-state index contributed by atoms with van der Waals surface area (Å²) in [7, 11) is 1.59. The summed E-state index contributed by atoms with van der Waals surface area (Å²) in [5.74, 6) is 1.42. The van der Waals surface area contributed by atoms with Crippen molar-refractivity contribution < 1.29 is 4.74 Å². The van der Waals surface area contributed by atoms with Crippen molar-refractivity contribution in [3.8, 4) is 5.75 Å². The molecule has 0 aliphatic carbocycles. The molecular weight excluding hydrogens is 276 g/mol. The summed E-state index contributed by atoms with van der Waals surface area (Å²) in [6.07, 6.45) is 0.985. The van der Waals surface area contributed by atoms with Gasteiger partial charge in [0, 0.05) is 18.3 Å². The predicted octanol–water partition coefficient (Wildman–Crippen LogP) is 3.59. The van der Waals surface area contributed by atoms with E-state index in [-0.39, 0.29) is 0 Å². The largest absolute Gasteiger partial charge is 0.495 e. The number of ether oxygens (including phenoxy) is 1. The first-order valence-electron chi connectivity index (χ1n) is 6.50. The van der Waals surface area contributed by atoms with Crippen LogP contribution in [0.2, 0.25) is 5.02 Å². The van der Waals surface area contributed by atoms with Gasteiger partial charge in [-0.05, 0) is 25.5 Å². The van der Waals surface area contributed by atoms with Gasteiger partial charge in [0.25, 0.3) is 0 Å². The Labute approximate surface area is 123 Å². The van der Waals surface area contributed by atoms with Crippen LogP contribution in [0.3, 0.4) is 0 Å². The number of nitrogens with two attached hydrogens (primary N) is 1. The Balaban J connectivity index is 2.34. The Hall–Kier alpha value is -1.88. The van der Waals surface area contributed by atoms with Gasteiger partial charge in [-0.25, -0.2) is 4.68 Å². The minimum absolute atomic E-state index is 0.573. The van der Waals surface area contributed by atoms with Gasteiger partial charge in [0.1, 0.15) is 5.75 Å². The monoisotopic (exact) mass is 294 g/mol. The van der Waals surface area contributed by atoms with Crippen molar-refractivity contribution in [3.63, 3.8) is 0 Å². The van der Waals surface area contributed by atoms with Crippen molar-refractivity contribution in [2.45, 2.75) is 26.8 Å². The van der Waals surface area contributed by atoms with Crippen LogP contribution in [-0.4, -0.2) is 16.9 Å². The molecule has 0 radical (unpaired) electrons. The van der Waals surface area contributed by atoms with Gasteiger partial charge in [0.2, 0.25) is 0 Å². The molecular formula is C14H19ClN4O. The minimum Gasteiger partial charge on any atom is -0.495 e. The van der Waals surface area contributed by atoms with Crippen LogP contribution in [0.1, 0.15) is 19.0 Å². The third-order valence-electron chi connectivity index (χ3n) is 3.02. The molecule has 0 unspecified atom stereocenters. The molecule has 2 rings (SSSR count). The second kappa shape index (κ2) is 6.05. The van der Waals surface area contributed by atoms with Crippen LogP contribution in [0, 0.1) is 6.92 Å². The van der Waals surface area contributed by atoms with E-state index in [0.29, 0.717) is 16.5 Å². The van der Waals surface area contributed by atoms with Crippen LogP contribution >= 0.6 is 11.6 Å². The van der Waals surface area contributed by atoms with E-state index >= 15 is 0 Å². The summed E-state index contributed by atoms with van der Waals surface area (Å²) in [6.45, 7) is 4.81. The molecule has 3 N–H and O–H groups in total. The maximum atomic E-state index is 6.08. The van der Waals surface area contributed by atoms with Crippen LogP contribution in [0.5, 0.6) is 5.75 Å². The predicted molar refractivity (Wildman–Crippen MR) is 83.0 cm³/mol. The first-order chi connectivity index (χ1) is 9.56. The van der Waals surface area contributed by atoms with Crippen molar-refractivity contribution in [2.75, 3.05) is 18.2 Å². The molecule has 2 aromatic rings. The number of hydrogen-bond acceptors (Lipinski definition) is 4. The number of methoxy groups -OCH3 is 1. The van der Waals surface area contributed by atoms with Crippen molar-refractivity contribution in [3.05, 3.63) is 28.9 Å². The van der Waals surface area contributed by atoms with Gasteiger partial charge in [-0.15, -0.1) is 0 Å². The van der Waals surface area contributed by atoms with Crippen LogP contribution in [-0.2, 0) is 6.54 Å². The molecule has 20 heavy (non-hydrogen) atoms. The molecule has 1 aromatic heterocycles. The highest BCUT2D eigenvalue weighted by atomic mass is 35.5. The van der Waals surface area contributed by atoms with Crippen LogP contribution in [0.25, 0.3) is 0 Å². The van der Waals surface area contributed by atoms with E-state index < -0.39 is 0 Å². The highest BCUT2D eigenvalue weighted by molar-refractivity contribution is 6.32. The smallest absolute Gasteiger partial charge is 0.152 e. The Bertz CT molecular complexity index is 609. The summed E-state index contributed by atoms with van der Waals surface area (Å²) < 4.78 is 7.09. The van der Waals surface area contributed by atoms with Gasteiger partial charge in [0.15, 0.2) is 5.82 Å². The maximum absolute atomic E-state index is 6.08. The molecule has 0 aliphatic heterocycles. The molecule has 0 aliphatic rings. The van der Waals surface area contributed by atoms with Crippen LogP contribution < -0.4 is 15.8 Å². The second-order valence-electron chi connectivity index (χ2n) is 4.55. The quantitative estimate of drug-likeness (QED) is 0.884. The van der Waals surface area contributed by atoms with E-state index in [1.54, 1.807) is 13.2 Å². The molecule has 1 aromatic carbocycles. The minimum atomic E-state index is 0.573. The molecule has 0 spiro atoms. The zero-order chi connectivity index (χ0) is 14.7. The summed E-state index contributed by atoms with van der Waals surface area (Å²) in [5, 5.41) is 8.29. The highest BCUT2D eigenvalue weighted by Crippen LogP contribution is 2.31. The fourth-order valence-electron chi connectivity index (χ4n) is 1.98. The van der Waals surface area contributed by atoms with E-state index in [0.717, 1.165) is 30.2 Å². The van der Waals surface area contributed by atoms with E-state index in [1.807, 2.05) is 23.7 Å². The average Bonchev–Trinajstić information content (AvgIpc) is 2.69. The molecule has 0 atom stereocenters. The van der Waals surface area contributed by atoms with Gasteiger partial charge in [-0.2, -0.15) is 5.10 Å². The number of benzene rings is 1. The number of halogens is 1. The molecule has 5 nitrogen and oxygen atoms in total. The Morgan fingerprint density at radius 3 is 2.85 bits per heavy atom. The van der Waals surface area contributed by atoms with Crippen LogP contribution in [0.4, 0.5) is 17.2 Å². The normalized spacial score (nSPS) is 10.6. The zero-order valence-corrected chi connectivity index (χ0v) is 12.7. The molecule has 6 heteroatoms. The topological polar surface area (TPSA) is 65.1 Å². The standard InChI is InChI=1S/C14H19ClN4O/c1-4-7-19-14(13(16)9(2)18-19)17-10-5-6-11(15)12(8-10)20-3/h5-6,8,17H,4,7,16H2,1-3H3. The second-order valence-corrected chi connectivity index (χ2v) is 4.95. The lowest BCUT2D eigenvalue weighted by molar-refractivity contribution is 0.415. The Kier molecular flexibility index (Phi) is 4.39. The summed E-state index contributed by atoms with van der Waals surface area (Å²) in [4.78, 5) is 0. The number of hydrogen-bond donors (Lipinski definition) is 2. The number of nitrogens with zero attached hydrogens (tertiary/aromatic N) is 2. The molecule has 0 saturated carbocycles. The number of nitrogens with one attached hydrogen (secondary N) is 1. The Morgan fingerprint density at radius 2 is 2.20 bits per heavy atom. The van der Waals surface area contributed by atoms with Gasteiger partial charge in [0.05, 0.1) is 23.5 Å². The fraction of sp³-hybridized carbons (Fsp3) is 0.357. The van der Waals surface area contributed by atoms with E-state index in [4.69, 9.17) is 22.1 Å². The van der Waals surface area contributed by atoms with Crippen molar-refractivity contribution >= 4 is 28.8 Å². The Morgan fingerprint density at radius 1 is 1.45 bits per heavy atom. The van der Waals surface area contributed by atoms with Crippen LogP contribution in [0.15, 0.2) is 18.2 Å². The number of aromatic nitrogens is 2. The number of nitrogen functional groups attached to an aromatic ring is 1. The van der Waals surface area contributed by atoms with Gasteiger partial charge < -0.3 is 15.8 Å². The maximum Gasteiger partial charge on any atom is 0.152 e. The zero-order valence-electron chi connectivity index (χ0n) is 11.9. The van der Waals surface area contributed by atoms with Gasteiger partial charge in [-0.3, -0.25) is 0 Å². The summed E-state index contributed by atoms with van der Waals surface area (Å²) >= 11 is 6.02. The molecule has 0 saturated heterocycles. The third kappa shape index (κ3) is 2.82. The first-order valence-corrected chi connectivity index (χ1v) is 6.88. The number of anilines is 3. The van der Waals surface area contributed by atoms with Crippen molar-refractivity contribution in [1.29, 1.82) is 0 Å².